The summed E-state index contributed by atoms with van der Waals surface area (Å²) < 4.78 is 0. The fourth-order valence-corrected chi connectivity index (χ4v) is 8.00. The molecule has 4 heterocycles. The first-order chi connectivity index (χ1) is 21.3. The summed E-state index contributed by atoms with van der Waals surface area (Å²) in [5.41, 5.74) is 6.57. The van der Waals surface area contributed by atoms with E-state index in [1.807, 2.05) is 33.1 Å². The van der Waals surface area contributed by atoms with Gasteiger partial charge in [0.25, 0.3) is 5.91 Å². The van der Waals surface area contributed by atoms with Crippen LogP contribution in [0.1, 0.15) is 95.1 Å². The Morgan fingerprint density at radius 3 is 1.55 bits per heavy atom. The molecule has 4 N–H and O–H groups in total. The molecule has 0 unspecified atom stereocenters. The van der Waals surface area contributed by atoms with E-state index < -0.39 is 5.97 Å². The Hall–Kier alpha value is -3.70. The Balaban J connectivity index is 0.000000274. The Labute approximate surface area is 289 Å². The number of carbonyl (C=O) groups excluding carboxylic acids is 5. The number of carbonyl (C=O) groups is 6. The molecule has 0 fully saturated rings. The van der Waals surface area contributed by atoms with Crippen LogP contribution in [-0.4, -0.2) is 104 Å². The van der Waals surface area contributed by atoms with Gasteiger partial charge in [0.1, 0.15) is 4.88 Å². The second kappa shape index (κ2) is 16.9. The molecule has 11 nitrogen and oxygen atoms in total. The summed E-state index contributed by atoms with van der Waals surface area (Å²) in [4.78, 5) is 77.7. The number of ketones is 4. The van der Waals surface area contributed by atoms with Crippen LogP contribution in [0.3, 0.4) is 0 Å². The molecule has 15 heteroatoms. The SMILES string of the molecule is C.C.CN(C)CCN.CN(C)CCNC(=O)c1cc2c(s1)C(=O)c1sccc1C2=O.O=C(O)c1cc2c(s1)C(=O)c1sccc1C2=O. The zero-order valence-corrected chi connectivity index (χ0v) is 28.1. The molecule has 6 rings (SSSR count). The Morgan fingerprint density at radius 2 is 1.15 bits per heavy atom. The number of amides is 1. The van der Waals surface area contributed by atoms with E-state index >= 15 is 0 Å². The van der Waals surface area contributed by atoms with Crippen LogP contribution in [0.2, 0.25) is 0 Å². The average molecular weight is 719 g/mol. The number of thiophene rings is 4. The molecule has 0 radical (unpaired) electrons. The summed E-state index contributed by atoms with van der Waals surface area (Å²) in [7, 11) is 7.86. The predicted molar refractivity (Wildman–Crippen MR) is 190 cm³/mol. The Bertz CT molecular complexity index is 1700. The van der Waals surface area contributed by atoms with Crippen molar-refractivity contribution in [1.82, 2.24) is 15.1 Å². The van der Waals surface area contributed by atoms with Crippen molar-refractivity contribution in [3.8, 4) is 0 Å². The summed E-state index contributed by atoms with van der Waals surface area (Å²) in [5.74, 6) is -2.20. The first-order valence-electron chi connectivity index (χ1n) is 13.5. The number of nitrogens with zero attached hydrogens (tertiary/aromatic N) is 2. The fraction of sp³-hybridized carbons (Fsp3) is 0.312. The summed E-state index contributed by atoms with van der Waals surface area (Å²) in [6.45, 7) is 2.99. The van der Waals surface area contributed by atoms with Crippen LogP contribution in [0, 0.1) is 0 Å². The lowest BCUT2D eigenvalue weighted by molar-refractivity contribution is 0.0701. The molecule has 47 heavy (non-hydrogen) atoms. The van der Waals surface area contributed by atoms with Crippen LogP contribution in [0.4, 0.5) is 0 Å². The molecule has 0 atom stereocenters. The maximum Gasteiger partial charge on any atom is 0.345 e. The van der Waals surface area contributed by atoms with Crippen molar-refractivity contribution >= 4 is 80.4 Å². The number of hydrogen-bond donors (Lipinski definition) is 3. The highest BCUT2D eigenvalue weighted by atomic mass is 32.1. The largest absolute Gasteiger partial charge is 0.477 e. The number of aromatic carboxylic acids is 1. The van der Waals surface area contributed by atoms with E-state index in [4.69, 9.17) is 10.8 Å². The quantitative estimate of drug-likeness (QED) is 0.206. The first kappa shape index (κ1) is 39.5. The molecule has 2 aliphatic rings. The maximum atomic E-state index is 12.4. The molecule has 0 saturated heterocycles. The lowest BCUT2D eigenvalue weighted by Gasteiger charge is -2.09. The number of rotatable bonds is 7. The molecule has 252 valence electrons. The van der Waals surface area contributed by atoms with Crippen molar-refractivity contribution in [3.63, 3.8) is 0 Å². The first-order valence-corrected chi connectivity index (χ1v) is 16.9. The van der Waals surface area contributed by atoms with E-state index in [0.717, 1.165) is 42.3 Å². The number of hydrogen-bond acceptors (Lipinski definition) is 13. The minimum absolute atomic E-state index is 0. The molecule has 4 aromatic rings. The zero-order valence-electron chi connectivity index (χ0n) is 24.8. The highest BCUT2D eigenvalue weighted by Gasteiger charge is 2.35. The third-order valence-electron chi connectivity index (χ3n) is 6.45. The number of fused-ring (bicyclic) bond motifs is 4. The number of nitrogens with two attached hydrogens (primary N) is 1. The summed E-state index contributed by atoms with van der Waals surface area (Å²) >= 11 is 4.42. The molecule has 0 aromatic carbocycles. The number of likely N-dealkylation sites (N-methyl/N-ethyl adjacent to an activating group) is 2. The van der Waals surface area contributed by atoms with Crippen LogP contribution in [-0.2, 0) is 0 Å². The van der Waals surface area contributed by atoms with E-state index in [1.54, 1.807) is 22.9 Å². The van der Waals surface area contributed by atoms with Crippen molar-refractivity contribution in [2.45, 2.75) is 14.9 Å². The van der Waals surface area contributed by atoms with Gasteiger partial charge in [-0.05, 0) is 63.2 Å². The normalized spacial score (nSPS) is 12.3. The van der Waals surface area contributed by atoms with Gasteiger partial charge in [-0.15, -0.1) is 45.3 Å². The molecule has 0 aliphatic heterocycles. The second-order valence-corrected chi connectivity index (χ2v) is 14.2. The van der Waals surface area contributed by atoms with E-state index in [1.165, 1.54) is 34.8 Å². The van der Waals surface area contributed by atoms with Gasteiger partial charge < -0.3 is 26.0 Å². The standard InChI is InChI=1S/C15H14N2O3S2.C11H4O4S2.C4H12N2.2CH4/c1-17(2)5-4-16-15(20)10-7-9-11(18)8-3-6-21-13(8)12(19)14(9)22-10;12-7-4-1-2-16-9(4)8(13)10-5(7)3-6(17-10)11(14)15;1-6(2)4-3-5;;/h3,6-7H,4-5H2,1-2H3,(H,16,20);1-3H,(H,14,15);3-5H2,1-2H3;2*1H4. The molecular formula is C32H38N4O7S4. The minimum Gasteiger partial charge on any atom is -0.477 e. The highest BCUT2D eigenvalue weighted by molar-refractivity contribution is 7.19. The third kappa shape index (κ3) is 8.61. The molecular weight excluding hydrogens is 681 g/mol. The van der Waals surface area contributed by atoms with Crippen LogP contribution in [0.15, 0.2) is 35.0 Å². The smallest absolute Gasteiger partial charge is 0.345 e. The monoisotopic (exact) mass is 718 g/mol. The van der Waals surface area contributed by atoms with Crippen LogP contribution < -0.4 is 11.1 Å². The summed E-state index contributed by atoms with van der Waals surface area (Å²) in [6, 6.07) is 6.08. The van der Waals surface area contributed by atoms with Gasteiger partial charge in [0, 0.05) is 48.4 Å². The predicted octanol–water partition coefficient (Wildman–Crippen LogP) is 4.94. The van der Waals surface area contributed by atoms with Gasteiger partial charge in [0.15, 0.2) is 11.6 Å². The van der Waals surface area contributed by atoms with Gasteiger partial charge >= 0.3 is 5.97 Å². The van der Waals surface area contributed by atoms with Crippen molar-refractivity contribution < 1.29 is 33.9 Å². The third-order valence-corrected chi connectivity index (χ3v) is 10.5. The van der Waals surface area contributed by atoms with Crippen molar-refractivity contribution in [1.29, 1.82) is 0 Å². The summed E-state index contributed by atoms with van der Waals surface area (Å²) in [5, 5.41) is 15.1. The minimum atomic E-state index is -1.12. The number of carboxylic acids is 1. The second-order valence-electron chi connectivity index (χ2n) is 10.3. The zero-order chi connectivity index (χ0) is 33.0. The van der Waals surface area contributed by atoms with Gasteiger partial charge in [-0.3, -0.25) is 24.0 Å². The van der Waals surface area contributed by atoms with Gasteiger partial charge in [-0.2, -0.15) is 0 Å². The highest BCUT2D eigenvalue weighted by Crippen LogP contribution is 2.36. The van der Waals surface area contributed by atoms with E-state index in [0.29, 0.717) is 42.7 Å². The van der Waals surface area contributed by atoms with Crippen molar-refractivity contribution in [2.75, 3.05) is 54.4 Å². The Morgan fingerprint density at radius 1 is 0.702 bits per heavy atom. The van der Waals surface area contributed by atoms with Gasteiger partial charge in [0.2, 0.25) is 11.6 Å². The maximum absolute atomic E-state index is 12.4. The molecule has 0 spiro atoms. The molecule has 0 saturated carbocycles. The van der Waals surface area contributed by atoms with Crippen LogP contribution in [0.5, 0.6) is 0 Å². The Kier molecular flexibility index (Phi) is 14.2. The van der Waals surface area contributed by atoms with Gasteiger partial charge in [0.05, 0.1) is 24.4 Å². The topological polar surface area (TPSA) is 167 Å². The van der Waals surface area contributed by atoms with E-state index in [9.17, 15) is 28.8 Å². The molecule has 4 aromatic heterocycles. The lowest BCUT2D eigenvalue weighted by atomic mass is 9.95. The van der Waals surface area contributed by atoms with Crippen LogP contribution >= 0.6 is 45.3 Å². The van der Waals surface area contributed by atoms with Crippen molar-refractivity contribution in [3.05, 3.63) is 86.5 Å². The molecule has 1 amide bonds. The van der Waals surface area contributed by atoms with Crippen molar-refractivity contribution in [2.24, 2.45) is 5.73 Å². The van der Waals surface area contributed by atoms with Gasteiger partial charge in [-0.1, -0.05) is 14.9 Å². The molecule has 2 aliphatic carbocycles. The van der Waals surface area contributed by atoms with E-state index in [-0.39, 0.29) is 59.2 Å². The lowest BCUT2D eigenvalue weighted by Crippen LogP contribution is -2.30. The van der Waals surface area contributed by atoms with Crippen LogP contribution in [0.25, 0.3) is 0 Å². The summed E-state index contributed by atoms with van der Waals surface area (Å²) in [6.07, 6.45) is 0. The molecule has 0 bridgehead atoms. The number of nitrogens with one attached hydrogen (secondary N) is 1. The van der Waals surface area contributed by atoms with E-state index in [2.05, 4.69) is 10.2 Å². The number of carboxylic acid groups (broad SMARTS) is 1. The van der Waals surface area contributed by atoms with Gasteiger partial charge in [-0.25, -0.2) is 4.79 Å². The average Bonchev–Trinajstić information content (AvgIpc) is 3.80. The fourth-order valence-electron chi connectivity index (χ4n) is 4.24.